The van der Waals surface area contributed by atoms with Gasteiger partial charge in [-0.25, -0.2) is 0 Å². The minimum absolute atomic E-state index is 0.205. The molecule has 0 unspecified atom stereocenters. The lowest BCUT2D eigenvalue weighted by Crippen LogP contribution is -2.35. The Bertz CT molecular complexity index is 705. The van der Waals surface area contributed by atoms with Crippen molar-refractivity contribution in [1.82, 2.24) is 14.9 Å². The quantitative estimate of drug-likeness (QED) is 0.931. The molecule has 3 rings (SSSR count). The van der Waals surface area contributed by atoms with Crippen LogP contribution in [0.3, 0.4) is 0 Å². The number of pyridine rings is 2. The summed E-state index contributed by atoms with van der Waals surface area (Å²) in [4.78, 5) is 33.4. The SMILES string of the molecule is Cc1cc(=O)c(C(=O)N(Cc2cccnc2)C2CC2)c[nH]1. The van der Waals surface area contributed by atoms with Gasteiger partial charge in [-0.2, -0.15) is 0 Å². The Balaban J connectivity index is 1.87. The zero-order valence-corrected chi connectivity index (χ0v) is 11.9. The van der Waals surface area contributed by atoms with Gasteiger partial charge in [0, 0.05) is 42.9 Å². The summed E-state index contributed by atoms with van der Waals surface area (Å²) < 4.78 is 0. The number of hydrogen-bond acceptors (Lipinski definition) is 3. The van der Waals surface area contributed by atoms with Gasteiger partial charge in [-0.1, -0.05) is 6.07 Å². The topological polar surface area (TPSA) is 66.1 Å². The predicted octanol–water partition coefficient (Wildman–Crippen LogP) is 1.88. The van der Waals surface area contributed by atoms with Gasteiger partial charge in [-0.15, -0.1) is 0 Å². The molecule has 108 valence electrons. The summed E-state index contributed by atoms with van der Waals surface area (Å²) in [7, 11) is 0. The largest absolute Gasteiger partial charge is 0.364 e. The third-order valence-corrected chi connectivity index (χ3v) is 3.61. The number of amides is 1. The second-order valence-electron chi connectivity index (χ2n) is 5.42. The molecule has 5 nitrogen and oxygen atoms in total. The fourth-order valence-corrected chi connectivity index (χ4v) is 2.34. The Morgan fingerprint density at radius 1 is 1.48 bits per heavy atom. The van der Waals surface area contributed by atoms with Crippen LogP contribution in [-0.4, -0.2) is 26.8 Å². The molecule has 5 heteroatoms. The van der Waals surface area contributed by atoms with Gasteiger partial charge in [-0.05, 0) is 31.4 Å². The number of rotatable bonds is 4. The van der Waals surface area contributed by atoms with E-state index in [0.717, 1.165) is 24.1 Å². The standard InChI is InChI=1S/C16H17N3O2/c1-11-7-15(20)14(9-18-11)16(21)19(13-4-5-13)10-12-3-2-6-17-8-12/h2-3,6-9,13H,4-5,10H2,1H3,(H,18,20). The Kier molecular flexibility index (Phi) is 3.56. The number of aryl methyl sites for hydroxylation is 1. The minimum Gasteiger partial charge on any atom is -0.364 e. The van der Waals surface area contributed by atoms with Gasteiger partial charge >= 0.3 is 0 Å². The lowest BCUT2D eigenvalue weighted by atomic mass is 10.2. The van der Waals surface area contributed by atoms with Crippen molar-refractivity contribution in [3.8, 4) is 0 Å². The van der Waals surface area contributed by atoms with E-state index in [-0.39, 0.29) is 22.9 Å². The summed E-state index contributed by atoms with van der Waals surface area (Å²) in [5.74, 6) is -0.206. The van der Waals surface area contributed by atoms with E-state index in [4.69, 9.17) is 0 Å². The van der Waals surface area contributed by atoms with Crippen LogP contribution in [0.1, 0.15) is 34.5 Å². The number of aromatic amines is 1. The van der Waals surface area contributed by atoms with Gasteiger partial charge in [0.05, 0.1) is 0 Å². The lowest BCUT2D eigenvalue weighted by Gasteiger charge is -2.22. The third kappa shape index (κ3) is 3.02. The average molecular weight is 283 g/mol. The molecule has 0 aromatic carbocycles. The fourth-order valence-electron chi connectivity index (χ4n) is 2.34. The van der Waals surface area contributed by atoms with Gasteiger partial charge in [0.1, 0.15) is 5.56 Å². The van der Waals surface area contributed by atoms with E-state index in [1.54, 1.807) is 24.2 Å². The summed E-state index contributed by atoms with van der Waals surface area (Å²) in [6.07, 6.45) is 6.96. The summed E-state index contributed by atoms with van der Waals surface area (Å²) in [5.41, 5.74) is 1.70. The van der Waals surface area contributed by atoms with E-state index in [1.807, 2.05) is 12.1 Å². The summed E-state index contributed by atoms with van der Waals surface area (Å²) in [5, 5.41) is 0. The molecule has 1 aliphatic rings. The summed E-state index contributed by atoms with van der Waals surface area (Å²) >= 11 is 0. The zero-order valence-electron chi connectivity index (χ0n) is 11.9. The van der Waals surface area contributed by atoms with E-state index in [0.29, 0.717) is 6.54 Å². The minimum atomic E-state index is -0.229. The van der Waals surface area contributed by atoms with Gasteiger partial charge in [0.15, 0.2) is 5.43 Å². The Morgan fingerprint density at radius 3 is 2.90 bits per heavy atom. The number of nitrogens with one attached hydrogen (secondary N) is 1. The first-order valence-corrected chi connectivity index (χ1v) is 7.04. The van der Waals surface area contributed by atoms with E-state index >= 15 is 0 Å². The van der Waals surface area contributed by atoms with E-state index in [1.165, 1.54) is 12.3 Å². The molecular weight excluding hydrogens is 266 g/mol. The molecule has 0 atom stereocenters. The summed E-state index contributed by atoms with van der Waals surface area (Å²) in [6.45, 7) is 2.29. The van der Waals surface area contributed by atoms with E-state index in [9.17, 15) is 9.59 Å². The van der Waals surface area contributed by atoms with Gasteiger partial charge in [0.2, 0.25) is 0 Å². The van der Waals surface area contributed by atoms with Crippen LogP contribution < -0.4 is 5.43 Å². The predicted molar refractivity (Wildman–Crippen MR) is 78.9 cm³/mol. The molecule has 1 fully saturated rings. The average Bonchev–Trinajstić information content (AvgIpc) is 3.30. The first-order chi connectivity index (χ1) is 10.1. The fraction of sp³-hybridized carbons (Fsp3) is 0.312. The van der Waals surface area contributed by atoms with Crippen molar-refractivity contribution < 1.29 is 4.79 Å². The second-order valence-corrected chi connectivity index (χ2v) is 5.42. The van der Waals surface area contributed by atoms with Gasteiger partial charge in [0.25, 0.3) is 5.91 Å². The molecule has 2 heterocycles. The summed E-state index contributed by atoms with van der Waals surface area (Å²) in [6, 6.07) is 5.49. The highest BCUT2D eigenvalue weighted by Gasteiger charge is 2.33. The molecule has 0 radical (unpaired) electrons. The molecule has 1 amide bonds. The van der Waals surface area contributed by atoms with E-state index in [2.05, 4.69) is 9.97 Å². The van der Waals surface area contributed by atoms with Crippen LogP contribution in [0.4, 0.5) is 0 Å². The highest BCUT2D eigenvalue weighted by Crippen LogP contribution is 2.29. The molecule has 1 N–H and O–H groups in total. The van der Waals surface area contributed by atoms with Crippen molar-refractivity contribution in [1.29, 1.82) is 0 Å². The Morgan fingerprint density at radius 2 is 2.29 bits per heavy atom. The van der Waals surface area contributed by atoms with Gasteiger partial charge in [-0.3, -0.25) is 14.6 Å². The van der Waals surface area contributed by atoms with Crippen molar-refractivity contribution in [2.24, 2.45) is 0 Å². The molecule has 0 aliphatic heterocycles. The Hall–Kier alpha value is -2.43. The molecular formula is C16H17N3O2. The molecule has 0 saturated heterocycles. The highest BCUT2D eigenvalue weighted by molar-refractivity contribution is 5.94. The van der Waals surface area contributed by atoms with Gasteiger partial charge < -0.3 is 9.88 Å². The maximum Gasteiger partial charge on any atom is 0.259 e. The molecule has 1 saturated carbocycles. The molecule has 1 aliphatic carbocycles. The molecule has 21 heavy (non-hydrogen) atoms. The molecule has 0 bridgehead atoms. The maximum absolute atomic E-state index is 12.6. The first-order valence-electron chi connectivity index (χ1n) is 7.04. The highest BCUT2D eigenvalue weighted by atomic mass is 16.2. The Labute approximate surface area is 122 Å². The number of nitrogens with zero attached hydrogens (tertiary/aromatic N) is 2. The van der Waals surface area contributed by atoms with Crippen LogP contribution in [0.25, 0.3) is 0 Å². The second kappa shape index (κ2) is 5.52. The van der Waals surface area contributed by atoms with Crippen LogP contribution in [-0.2, 0) is 6.54 Å². The first kappa shape index (κ1) is 13.5. The van der Waals surface area contributed by atoms with Crippen LogP contribution >= 0.6 is 0 Å². The van der Waals surface area contributed by atoms with Crippen LogP contribution in [0.2, 0.25) is 0 Å². The van der Waals surface area contributed by atoms with Crippen molar-refractivity contribution in [3.63, 3.8) is 0 Å². The van der Waals surface area contributed by atoms with Crippen LogP contribution in [0, 0.1) is 6.92 Å². The molecule has 2 aromatic heterocycles. The lowest BCUT2D eigenvalue weighted by molar-refractivity contribution is 0.0728. The smallest absolute Gasteiger partial charge is 0.259 e. The van der Waals surface area contributed by atoms with E-state index < -0.39 is 0 Å². The van der Waals surface area contributed by atoms with Crippen LogP contribution in [0.5, 0.6) is 0 Å². The normalized spacial score (nSPS) is 14.0. The third-order valence-electron chi connectivity index (χ3n) is 3.61. The van der Waals surface area contributed by atoms with Crippen molar-refractivity contribution in [2.75, 3.05) is 0 Å². The number of H-pyrrole nitrogens is 1. The number of carbonyl (C=O) groups is 1. The van der Waals surface area contributed by atoms with Crippen molar-refractivity contribution >= 4 is 5.91 Å². The number of aromatic nitrogens is 2. The molecule has 2 aromatic rings. The molecule has 0 spiro atoms. The van der Waals surface area contributed by atoms with Crippen molar-refractivity contribution in [2.45, 2.75) is 32.4 Å². The monoisotopic (exact) mass is 283 g/mol. The zero-order chi connectivity index (χ0) is 14.8. The number of hydrogen-bond donors (Lipinski definition) is 1. The maximum atomic E-state index is 12.6. The van der Waals surface area contributed by atoms with Crippen LogP contribution in [0.15, 0.2) is 41.6 Å². The number of carbonyl (C=O) groups excluding carboxylic acids is 1. The van der Waals surface area contributed by atoms with Crippen molar-refractivity contribution in [3.05, 3.63) is 63.8 Å².